The fourth-order valence-electron chi connectivity index (χ4n) is 1.10. The first-order valence-electron chi connectivity index (χ1n) is 4.53. The van der Waals surface area contributed by atoms with Crippen LogP contribution < -0.4 is 4.72 Å². The van der Waals surface area contributed by atoms with Crippen LogP contribution in [0.2, 0.25) is 0 Å². The van der Waals surface area contributed by atoms with Gasteiger partial charge >= 0.3 is 0 Å². The highest BCUT2D eigenvalue weighted by molar-refractivity contribution is 7.92. The van der Waals surface area contributed by atoms with Crippen LogP contribution >= 0.6 is 0 Å². The molecule has 0 saturated heterocycles. The number of aryl methyl sites for hydroxylation is 1. The van der Waals surface area contributed by atoms with Gasteiger partial charge in [-0.05, 0) is 38.0 Å². The van der Waals surface area contributed by atoms with Gasteiger partial charge in [0.05, 0.1) is 11.4 Å². The third-order valence-corrected chi connectivity index (χ3v) is 3.54. The average Bonchev–Trinajstić information content (AvgIpc) is 2.13. The molecule has 0 aromatic heterocycles. The van der Waals surface area contributed by atoms with E-state index < -0.39 is 10.0 Å². The van der Waals surface area contributed by atoms with E-state index >= 15 is 0 Å². The van der Waals surface area contributed by atoms with Crippen LogP contribution in [-0.2, 0) is 10.0 Å². The molecule has 0 saturated carbocycles. The molecule has 0 aliphatic carbocycles. The van der Waals surface area contributed by atoms with Crippen LogP contribution in [0.3, 0.4) is 0 Å². The van der Waals surface area contributed by atoms with Crippen LogP contribution in [0.25, 0.3) is 0 Å². The second-order valence-corrected chi connectivity index (χ2v) is 5.26. The minimum absolute atomic E-state index is 0.0976. The van der Waals surface area contributed by atoms with Gasteiger partial charge in [-0.2, -0.15) is 0 Å². The van der Waals surface area contributed by atoms with Crippen LogP contribution in [0.5, 0.6) is 0 Å². The van der Waals surface area contributed by atoms with E-state index in [1.807, 2.05) is 26.0 Å². The number of sulfonamides is 1. The molecule has 1 N–H and O–H groups in total. The van der Waals surface area contributed by atoms with Crippen LogP contribution in [0, 0.1) is 13.8 Å². The van der Waals surface area contributed by atoms with Gasteiger partial charge in [-0.15, -0.1) is 0 Å². The highest BCUT2D eigenvalue weighted by Gasteiger charge is 2.08. The Bertz CT molecular complexity index is 424. The number of rotatable bonds is 3. The van der Waals surface area contributed by atoms with E-state index in [1.165, 1.54) is 0 Å². The van der Waals surface area contributed by atoms with Gasteiger partial charge in [-0.3, -0.25) is 4.72 Å². The number of nitrogens with one attached hydrogen (secondary N) is 1. The monoisotopic (exact) mass is 213 g/mol. The van der Waals surface area contributed by atoms with Gasteiger partial charge in [-0.1, -0.05) is 12.1 Å². The lowest BCUT2D eigenvalue weighted by atomic mass is 10.1. The zero-order valence-corrected chi connectivity index (χ0v) is 9.48. The predicted octanol–water partition coefficient (Wildman–Crippen LogP) is 2.07. The van der Waals surface area contributed by atoms with Crippen molar-refractivity contribution >= 4 is 15.7 Å². The summed E-state index contributed by atoms with van der Waals surface area (Å²) < 4.78 is 25.2. The Morgan fingerprint density at radius 2 is 1.93 bits per heavy atom. The van der Waals surface area contributed by atoms with Crippen molar-refractivity contribution in [2.75, 3.05) is 10.5 Å². The molecule has 4 heteroatoms. The van der Waals surface area contributed by atoms with E-state index in [0.717, 1.165) is 11.1 Å². The van der Waals surface area contributed by atoms with E-state index in [2.05, 4.69) is 4.72 Å². The average molecular weight is 213 g/mol. The lowest BCUT2D eigenvalue weighted by molar-refractivity contribution is 0.602. The minimum Gasteiger partial charge on any atom is -0.283 e. The second kappa shape index (κ2) is 4.00. The maximum Gasteiger partial charge on any atom is 0.232 e. The lowest BCUT2D eigenvalue weighted by Crippen LogP contribution is -2.15. The zero-order chi connectivity index (χ0) is 10.8. The summed E-state index contributed by atoms with van der Waals surface area (Å²) in [6.45, 7) is 5.48. The Balaban J connectivity index is 3.05. The molecular weight excluding hydrogens is 198 g/mol. The van der Waals surface area contributed by atoms with Crippen molar-refractivity contribution in [2.24, 2.45) is 0 Å². The van der Waals surface area contributed by atoms with Crippen molar-refractivity contribution in [1.29, 1.82) is 0 Å². The Kier molecular flexibility index (Phi) is 3.16. The molecule has 1 rings (SSSR count). The summed E-state index contributed by atoms with van der Waals surface area (Å²) in [6.07, 6.45) is 0. The van der Waals surface area contributed by atoms with Gasteiger partial charge in [0.1, 0.15) is 0 Å². The van der Waals surface area contributed by atoms with Crippen LogP contribution in [0.4, 0.5) is 5.69 Å². The van der Waals surface area contributed by atoms with Crippen LogP contribution in [0.1, 0.15) is 18.1 Å². The van der Waals surface area contributed by atoms with Gasteiger partial charge in [-0.25, -0.2) is 8.42 Å². The summed E-state index contributed by atoms with van der Waals surface area (Å²) in [7, 11) is -3.16. The van der Waals surface area contributed by atoms with E-state index in [1.54, 1.807) is 13.0 Å². The number of anilines is 1. The third-order valence-electron chi connectivity index (χ3n) is 2.25. The topological polar surface area (TPSA) is 46.2 Å². The van der Waals surface area contributed by atoms with Crippen LogP contribution in [0.15, 0.2) is 18.2 Å². The molecule has 0 bridgehead atoms. The molecule has 78 valence electrons. The smallest absolute Gasteiger partial charge is 0.232 e. The summed E-state index contributed by atoms with van der Waals surface area (Å²) in [5, 5.41) is 0. The Morgan fingerprint density at radius 3 is 2.50 bits per heavy atom. The fraction of sp³-hybridized carbons (Fsp3) is 0.400. The first-order valence-corrected chi connectivity index (χ1v) is 6.18. The molecule has 0 spiro atoms. The summed E-state index contributed by atoms with van der Waals surface area (Å²) in [6, 6.07) is 5.57. The first kappa shape index (κ1) is 11.0. The van der Waals surface area contributed by atoms with Crippen molar-refractivity contribution in [3.05, 3.63) is 29.3 Å². The molecule has 1 aromatic rings. The molecule has 3 nitrogen and oxygen atoms in total. The molecule has 0 radical (unpaired) electrons. The van der Waals surface area contributed by atoms with Crippen molar-refractivity contribution in [3.63, 3.8) is 0 Å². The van der Waals surface area contributed by atoms with Gasteiger partial charge in [0.15, 0.2) is 0 Å². The molecule has 0 aliphatic rings. The predicted molar refractivity (Wildman–Crippen MR) is 59.0 cm³/mol. The molecule has 0 heterocycles. The maximum atomic E-state index is 11.3. The van der Waals surface area contributed by atoms with Crippen molar-refractivity contribution in [3.8, 4) is 0 Å². The molecule has 1 aromatic carbocycles. The second-order valence-electron chi connectivity index (χ2n) is 3.25. The van der Waals surface area contributed by atoms with Gasteiger partial charge in [0.2, 0.25) is 10.0 Å². The summed E-state index contributed by atoms with van der Waals surface area (Å²) >= 11 is 0. The SMILES string of the molecule is CCS(=O)(=O)Nc1cccc(C)c1C. The van der Waals surface area contributed by atoms with E-state index in [0.29, 0.717) is 5.69 Å². The van der Waals surface area contributed by atoms with Crippen LogP contribution in [-0.4, -0.2) is 14.2 Å². The van der Waals surface area contributed by atoms with Gasteiger partial charge < -0.3 is 0 Å². The highest BCUT2D eigenvalue weighted by Crippen LogP contribution is 2.18. The van der Waals surface area contributed by atoms with Gasteiger partial charge in [0, 0.05) is 0 Å². The van der Waals surface area contributed by atoms with Crippen molar-refractivity contribution < 1.29 is 8.42 Å². The first-order chi connectivity index (χ1) is 6.46. The summed E-state index contributed by atoms with van der Waals surface area (Å²) in [5.74, 6) is 0.0976. The summed E-state index contributed by atoms with van der Waals surface area (Å²) in [5.41, 5.74) is 2.73. The Labute approximate surface area is 85.2 Å². The number of hydrogen-bond donors (Lipinski definition) is 1. The standard InChI is InChI=1S/C10H15NO2S/c1-4-14(12,13)11-10-7-5-6-8(2)9(10)3/h5-7,11H,4H2,1-3H3. The molecule has 0 aliphatic heterocycles. The molecule has 0 amide bonds. The molecular formula is C10H15NO2S. The third kappa shape index (κ3) is 2.48. The maximum absolute atomic E-state index is 11.3. The van der Waals surface area contributed by atoms with E-state index in [9.17, 15) is 8.42 Å². The summed E-state index contributed by atoms with van der Waals surface area (Å²) in [4.78, 5) is 0. The highest BCUT2D eigenvalue weighted by atomic mass is 32.2. The fourth-order valence-corrected chi connectivity index (χ4v) is 1.80. The van der Waals surface area contributed by atoms with Crippen molar-refractivity contribution in [1.82, 2.24) is 0 Å². The normalized spacial score (nSPS) is 11.4. The largest absolute Gasteiger partial charge is 0.283 e. The molecule has 0 unspecified atom stereocenters. The molecule has 0 atom stereocenters. The van der Waals surface area contributed by atoms with E-state index in [4.69, 9.17) is 0 Å². The van der Waals surface area contributed by atoms with Crippen molar-refractivity contribution in [2.45, 2.75) is 20.8 Å². The molecule has 14 heavy (non-hydrogen) atoms. The number of benzene rings is 1. The van der Waals surface area contributed by atoms with E-state index in [-0.39, 0.29) is 5.75 Å². The molecule has 0 fully saturated rings. The lowest BCUT2D eigenvalue weighted by Gasteiger charge is -2.10. The number of hydrogen-bond acceptors (Lipinski definition) is 2. The Hall–Kier alpha value is -1.03. The quantitative estimate of drug-likeness (QED) is 0.835. The zero-order valence-electron chi connectivity index (χ0n) is 8.66. The Morgan fingerprint density at radius 1 is 1.29 bits per heavy atom. The van der Waals surface area contributed by atoms with Gasteiger partial charge in [0.25, 0.3) is 0 Å². The minimum atomic E-state index is -3.16.